The van der Waals surface area contributed by atoms with Crippen LogP contribution in [0, 0.1) is 0 Å². The standard InChI is InChI=1S/C20H20N8O/c1-26-17(11-16(25-26)14-5-3-2-4-6-14)20(29)23-15-7-9-27(12-15)18-19-24-22-13-28(19)10-8-21-18/h2-6,8,10-11,13,15H,7,9,12H2,1H3,(H,23,29)/t15-/m1/s1. The largest absolute Gasteiger partial charge is 0.351 e. The molecule has 1 aliphatic rings. The topological polar surface area (TPSA) is 93.2 Å². The van der Waals surface area contributed by atoms with Gasteiger partial charge in [-0.2, -0.15) is 5.10 Å². The van der Waals surface area contributed by atoms with Crippen LogP contribution in [0.15, 0.2) is 55.1 Å². The number of amides is 1. The number of anilines is 1. The average molecular weight is 388 g/mol. The third-order valence-corrected chi connectivity index (χ3v) is 5.20. The molecule has 5 rings (SSSR count). The van der Waals surface area contributed by atoms with Gasteiger partial charge in [0.25, 0.3) is 5.91 Å². The molecule has 0 unspecified atom stereocenters. The molecule has 29 heavy (non-hydrogen) atoms. The molecule has 0 saturated carbocycles. The summed E-state index contributed by atoms with van der Waals surface area (Å²) in [5.41, 5.74) is 3.04. The fourth-order valence-corrected chi connectivity index (χ4v) is 3.73. The Morgan fingerprint density at radius 2 is 2.10 bits per heavy atom. The van der Waals surface area contributed by atoms with Gasteiger partial charge in [-0.1, -0.05) is 30.3 Å². The molecule has 1 fully saturated rings. The Kier molecular flexibility index (Phi) is 4.19. The first-order valence-corrected chi connectivity index (χ1v) is 9.48. The highest BCUT2D eigenvalue weighted by Crippen LogP contribution is 2.22. The number of nitrogens with one attached hydrogen (secondary N) is 1. The van der Waals surface area contributed by atoms with Gasteiger partial charge in [-0.05, 0) is 12.5 Å². The minimum atomic E-state index is -0.123. The number of hydrogen-bond acceptors (Lipinski definition) is 6. The van der Waals surface area contributed by atoms with Crippen LogP contribution in [-0.4, -0.2) is 54.4 Å². The van der Waals surface area contributed by atoms with Crippen LogP contribution < -0.4 is 10.2 Å². The van der Waals surface area contributed by atoms with Gasteiger partial charge in [0.05, 0.1) is 5.69 Å². The summed E-state index contributed by atoms with van der Waals surface area (Å²) in [7, 11) is 1.79. The lowest BCUT2D eigenvalue weighted by atomic mass is 10.1. The summed E-state index contributed by atoms with van der Waals surface area (Å²) >= 11 is 0. The van der Waals surface area contributed by atoms with Gasteiger partial charge >= 0.3 is 0 Å². The summed E-state index contributed by atoms with van der Waals surface area (Å²) in [4.78, 5) is 19.4. The fourth-order valence-electron chi connectivity index (χ4n) is 3.73. The summed E-state index contributed by atoms with van der Waals surface area (Å²) < 4.78 is 3.47. The van der Waals surface area contributed by atoms with Gasteiger partial charge < -0.3 is 10.2 Å². The molecule has 0 spiro atoms. The summed E-state index contributed by atoms with van der Waals surface area (Å²) in [6, 6.07) is 11.7. The Balaban J connectivity index is 1.30. The summed E-state index contributed by atoms with van der Waals surface area (Å²) in [6.07, 6.45) is 6.05. The Morgan fingerprint density at radius 1 is 1.24 bits per heavy atom. The highest BCUT2D eigenvalue weighted by atomic mass is 16.2. The van der Waals surface area contributed by atoms with Gasteiger partial charge in [0.15, 0.2) is 5.82 Å². The molecule has 4 aromatic rings. The maximum Gasteiger partial charge on any atom is 0.269 e. The van der Waals surface area contributed by atoms with E-state index in [-0.39, 0.29) is 11.9 Å². The van der Waals surface area contributed by atoms with E-state index in [0.29, 0.717) is 12.2 Å². The first kappa shape index (κ1) is 17.4. The van der Waals surface area contributed by atoms with Gasteiger partial charge in [-0.25, -0.2) is 4.98 Å². The number of hydrogen-bond donors (Lipinski definition) is 1. The number of fused-ring (bicyclic) bond motifs is 1. The van der Waals surface area contributed by atoms with E-state index >= 15 is 0 Å². The monoisotopic (exact) mass is 388 g/mol. The zero-order chi connectivity index (χ0) is 19.8. The molecule has 4 heterocycles. The van der Waals surface area contributed by atoms with Crippen molar-refractivity contribution in [2.45, 2.75) is 12.5 Å². The molecular weight excluding hydrogens is 368 g/mol. The Hall–Kier alpha value is -3.75. The molecule has 1 aliphatic heterocycles. The number of aromatic nitrogens is 6. The smallest absolute Gasteiger partial charge is 0.269 e. The highest BCUT2D eigenvalue weighted by molar-refractivity contribution is 5.94. The molecule has 1 atom stereocenters. The van der Waals surface area contributed by atoms with Crippen LogP contribution in [0.3, 0.4) is 0 Å². The van der Waals surface area contributed by atoms with Gasteiger partial charge in [-0.15, -0.1) is 10.2 Å². The van der Waals surface area contributed by atoms with Gasteiger partial charge in [0.1, 0.15) is 12.0 Å². The second kappa shape index (κ2) is 7.01. The molecule has 0 bridgehead atoms. The van der Waals surface area contributed by atoms with Crippen molar-refractivity contribution in [3.63, 3.8) is 0 Å². The minimum absolute atomic E-state index is 0.0301. The van der Waals surface area contributed by atoms with Crippen molar-refractivity contribution in [1.82, 2.24) is 34.7 Å². The zero-order valence-corrected chi connectivity index (χ0v) is 15.9. The number of benzene rings is 1. The van der Waals surface area contributed by atoms with Crippen LogP contribution in [0.2, 0.25) is 0 Å². The number of nitrogens with zero attached hydrogens (tertiary/aromatic N) is 7. The lowest BCUT2D eigenvalue weighted by Crippen LogP contribution is -2.38. The molecule has 1 aromatic carbocycles. The van der Waals surface area contributed by atoms with E-state index in [2.05, 4.69) is 30.5 Å². The van der Waals surface area contributed by atoms with Crippen LogP contribution in [-0.2, 0) is 7.05 Å². The molecule has 9 heteroatoms. The number of aryl methyl sites for hydroxylation is 1. The van der Waals surface area contributed by atoms with Crippen molar-refractivity contribution in [2.24, 2.45) is 7.05 Å². The lowest BCUT2D eigenvalue weighted by Gasteiger charge is -2.18. The molecule has 1 saturated heterocycles. The van der Waals surface area contributed by atoms with Crippen molar-refractivity contribution >= 4 is 17.4 Å². The third kappa shape index (κ3) is 3.20. The van der Waals surface area contributed by atoms with Crippen LogP contribution in [0.25, 0.3) is 16.9 Å². The average Bonchev–Trinajstić information content (AvgIpc) is 3.47. The van der Waals surface area contributed by atoms with Crippen molar-refractivity contribution in [3.05, 3.63) is 60.8 Å². The first-order chi connectivity index (χ1) is 14.2. The molecule has 0 aliphatic carbocycles. The van der Waals surface area contributed by atoms with E-state index in [1.54, 1.807) is 24.3 Å². The Labute approximate surface area is 167 Å². The summed E-state index contributed by atoms with van der Waals surface area (Å²) in [5.74, 6) is 0.663. The van der Waals surface area contributed by atoms with Crippen LogP contribution in [0.1, 0.15) is 16.9 Å². The van der Waals surface area contributed by atoms with Crippen molar-refractivity contribution < 1.29 is 4.79 Å². The van der Waals surface area contributed by atoms with E-state index in [1.165, 1.54) is 0 Å². The van der Waals surface area contributed by atoms with Crippen LogP contribution in [0.4, 0.5) is 5.82 Å². The number of carbonyl (C=O) groups is 1. The molecule has 1 amide bonds. The van der Waals surface area contributed by atoms with Crippen LogP contribution >= 0.6 is 0 Å². The first-order valence-electron chi connectivity index (χ1n) is 9.48. The Bertz CT molecular complexity index is 1170. The van der Waals surface area contributed by atoms with E-state index in [0.717, 1.165) is 35.7 Å². The molecule has 9 nitrogen and oxygen atoms in total. The number of rotatable bonds is 4. The number of carbonyl (C=O) groups excluding carboxylic acids is 1. The van der Waals surface area contributed by atoms with E-state index in [4.69, 9.17) is 0 Å². The molecule has 1 N–H and O–H groups in total. The van der Waals surface area contributed by atoms with Crippen molar-refractivity contribution in [2.75, 3.05) is 18.0 Å². The van der Waals surface area contributed by atoms with Gasteiger partial charge in [-0.3, -0.25) is 13.9 Å². The molecular formula is C20H20N8O. The summed E-state index contributed by atoms with van der Waals surface area (Å²) in [5, 5.41) is 15.7. The van der Waals surface area contributed by atoms with E-state index in [1.807, 2.05) is 47.0 Å². The fraction of sp³-hybridized carbons (Fsp3) is 0.250. The second-order valence-electron chi connectivity index (χ2n) is 7.12. The van der Waals surface area contributed by atoms with Gasteiger partial charge in [0.2, 0.25) is 5.65 Å². The summed E-state index contributed by atoms with van der Waals surface area (Å²) in [6.45, 7) is 1.47. The van der Waals surface area contributed by atoms with Crippen molar-refractivity contribution in [1.29, 1.82) is 0 Å². The molecule has 0 radical (unpaired) electrons. The maximum absolute atomic E-state index is 12.8. The quantitative estimate of drug-likeness (QED) is 0.570. The van der Waals surface area contributed by atoms with E-state index in [9.17, 15) is 4.79 Å². The zero-order valence-electron chi connectivity index (χ0n) is 15.9. The molecule has 146 valence electrons. The van der Waals surface area contributed by atoms with Crippen LogP contribution in [0.5, 0.6) is 0 Å². The third-order valence-electron chi connectivity index (χ3n) is 5.20. The maximum atomic E-state index is 12.8. The predicted octanol–water partition coefficient (Wildman–Crippen LogP) is 1.53. The highest BCUT2D eigenvalue weighted by Gasteiger charge is 2.28. The second-order valence-corrected chi connectivity index (χ2v) is 7.12. The lowest BCUT2D eigenvalue weighted by molar-refractivity contribution is 0.0931. The van der Waals surface area contributed by atoms with Crippen molar-refractivity contribution in [3.8, 4) is 11.3 Å². The molecule has 3 aromatic heterocycles. The van der Waals surface area contributed by atoms with Gasteiger partial charge in [0, 0.05) is 44.1 Å². The normalized spacial score (nSPS) is 16.4. The Morgan fingerprint density at radius 3 is 2.97 bits per heavy atom. The SMILES string of the molecule is Cn1nc(-c2ccccc2)cc1C(=O)N[C@@H]1CCN(c2nccn3cnnc23)C1. The van der Waals surface area contributed by atoms with E-state index < -0.39 is 0 Å². The minimum Gasteiger partial charge on any atom is -0.351 e. The predicted molar refractivity (Wildman–Crippen MR) is 108 cm³/mol.